The summed E-state index contributed by atoms with van der Waals surface area (Å²) >= 11 is 0.998. The molecule has 120 valence electrons. The first-order valence-electron chi connectivity index (χ1n) is 6.97. The average molecular weight is 325 g/mol. The van der Waals surface area contributed by atoms with Gasteiger partial charge in [-0.2, -0.15) is 0 Å². The number of ether oxygens (including phenoxy) is 1. The fourth-order valence-electron chi connectivity index (χ4n) is 2.49. The number of amides is 2. The minimum Gasteiger partial charge on any atom is -0.465 e. The summed E-state index contributed by atoms with van der Waals surface area (Å²) in [5, 5.41) is 3.01. The molecule has 0 unspecified atom stereocenters. The Bertz CT molecular complexity index is 605. The first kappa shape index (κ1) is 16.4. The van der Waals surface area contributed by atoms with Crippen LogP contribution in [-0.2, 0) is 9.53 Å². The maximum atomic E-state index is 12.1. The summed E-state index contributed by atoms with van der Waals surface area (Å²) in [5.41, 5.74) is 5.92. The second-order valence-corrected chi connectivity index (χ2v) is 6.17. The number of nitrogens with one attached hydrogen (secondary N) is 1. The molecule has 2 rings (SSSR count). The van der Waals surface area contributed by atoms with Gasteiger partial charge in [0.1, 0.15) is 5.00 Å². The highest BCUT2D eigenvalue weighted by Gasteiger charge is 2.26. The van der Waals surface area contributed by atoms with E-state index in [1.807, 2.05) is 4.90 Å². The Morgan fingerprint density at radius 3 is 2.50 bits per heavy atom. The van der Waals surface area contributed by atoms with Crippen LogP contribution in [0.1, 0.15) is 38.4 Å². The second-order valence-electron chi connectivity index (χ2n) is 5.15. The lowest BCUT2D eigenvalue weighted by molar-refractivity contribution is -0.117. The quantitative estimate of drug-likeness (QED) is 0.786. The molecule has 1 aliphatic heterocycles. The van der Waals surface area contributed by atoms with E-state index in [4.69, 9.17) is 10.5 Å². The molecule has 1 saturated heterocycles. The van der Waals surface area contributed by atoms with Crippen LogP contribution in [0, 0.1) is 6.92 Å². The van der Waals surface area contributed by atoms with E-state index in [1.54, 1.807) is 6.92 Å². The summed E-state index contributed by atoms with van der Waals surface area (Å²) < 4.78 is 4.72. The van der Waals surface area contributed by atoms with Gasteiger partial charge in [0.15, 0.2) is 0 Å². The highest BCUT2D eigenvalue weighted by molar-refractivity contribution is 7.18. The zero-order valence-corrected chi connectivity index (χ0v) is 13.4. The number of hydrogen-bond donors (Lipinski definition) is 2. The van der Waals surface area contributed by atoms with Gasteiger partial charge in [0.2, 0.25) is 5.91 Å². The van der Waals surface area contributed by atoms with Crippen molar-refractivity contribution in [3.8, 4) is 0 Å². The molecule has 0 spiro atoms. The molecule has 0 radical (unpaired) electrons. The van der Waals surface area contributed by atoms with Gasteiger partial charge in [-0.15, -0.1) is 11.3 Å². The second kappa shape index (κ2) is 6.89. The molecule has 3 N–H and O–H groups in total. The van der Waals surface area contributed by atoms with E-state index in [0.717, 1.165) is 37.3 Å². The SMILES string of the molecule is COC(=O)c1c(NC(=O)CN2CCCC2)sc(C(N)=O)c1C. The Labute approximate surface area is 132 Å². The highest BCUT2D eigenvalue weighted by atomic mass is 32.1. The standard InChI is InChI=1S/C14H19N3O4S/c1-8-10(14(20)21-2)13(22-11(8)12(15)19)16-9(18)7-17-5-3-4-6-17/h3-7H2,1-2H3,(H2,15,19)(H,16,18). The van der Waals surface area contributed by atoms with E-state index < -0.39 is 11.9 Å². The molecule has 7 nitrogen and oxygen atoms in total. The van der Waals surface area contributed by atoms with Gasteiger partial charge in [0, 0.05) is 0 Å². The smallest absolute Gasteiger partial charge is 0.341 e. The number of methoxy groups -OCH3 is 1. The van der Waals surface area contributed by atoms with Crippen molar-refractivity contribution < 1.29 is 19.1 Å². The zero-order valence-electron chi connectivity index (χ0n) is 12.6. The van der Waals surface area contributed by atoms with E-state index in [-0.39, 0.29) is 22.9 Å². The number of likely N-dealkylation sites (tertiary alicyclic amines) is 1. The molecule has 1 aliphatic rings. The van der Waals surface area contributed by atoms with Crippen LogP contribution in [0.25, 0.3) is 0 Å². The number of nitrogens with two attached hydrogens (primary N) is 1. The molecule has 2 heterocycles. The van der Waals surface area contributed by atoms with E-state index in [9.17, 15) is 14.4 Å². The predicted octanol–water partition coefficient (Wildman–Crippen LogP) is 0.976. The molecule has 1 aromatic heterocycles. The maximum Gasteiger partial charge on any atom is 0.341 e. The summed E-state index contributed by atoms with van der Waals surface area (Å²) in [6, 6.07) is 0. The van der Waals surface area contributed by atoms with Crippen LogP contribution in [0.2, 0.25) is 0 Å². The Morgan fingerprint density at radius 1 is 1.32 bits per heavy atom. The molecule has 0 bridgehead atoms. The van der Waals surface area contributed by atoms with Crippen molar-refractivity contribution in [3.63, 3.8) is 0 Å². The lowest BCUT2D eigenvalue weighted by atomic mass is 10.1. The number of carbonyl (C=O) groups is 3. The van der Waals surface area contributed by atoms with Gasteiger partial charge in [0.05, 0.1) is 24.1 Å². The number of nitrogens with zero attached hydrogens (tertiary/aromatic N) is 1. The van der Waals surface area contributed by atoms with Crippen molar-refractivity contribution in [2.45, 2.75) is 19.8 Å². The van der Waals surface area contributed by atoms with Crippen LogP contribution in [0.15, 0.2) is 0 Å². The van der Waals surface area contributed by atoms with Crippen molar-refractivity contribution >= 4 is 34.1 Å². The molecule has 22 heavy (non-hydrogen) atoms. The fraction of sp³-hybridized carbons (Fsp3) is 0.500. The Morgan fingerprint density at radius 2 is 1.95 bits per heavy atom. The van der Waals surface area contributed by atoms with E-state index in [1.165, 1.54) is 7.11 Å². The molecule has 0 atom stereocenters. The summed E-state index contributed by atoms with van der Waals surface area (Å²) in [7, 11) is 1.25. The number of thiophene rings is 1. The average Bonchev–Trinajstić information content (AvgIpc) is 3.06. The lowest BCUT2D eigenvalue weighted by Gasteiger charge is -2.13. The summed E-state index contributed by atoms with van der Waals surface area (Å²) in [6.45, 7) is 3.67. The summed E-state index contributed by atoms with van der Waals surface area (Å²) in [6.07, 6.45) is 2.18. The minimum absolute atomic E-state index is 0.191. The van der Waals surface area contributed by atoms with Crippen molar-refractivity contribution in [2.75, 3.05) is 32.1 Å². The van der Waals surface area contributed by atoms with Crippen molar-refractivity contribution in [3.05, 3.63) is 16.0 Å². The van der Waals surface area contributed by atoms with Crippen LogP contribution < -0.4 is 11.1 Å². The van der Waals surface area contributed by atoms with Crippen LogP contribution in [-0.4, -0.2) is 49.4 Å². The largest absolute Gasteiger partial charge is 0.465 e. The number of rotatable bonds is 5. The van der Waals surface area contributed by atoms with E-state index in [2.05, 4.69) is 5.32 Å². The topological polar surface area (TPSA) is 102 Å². The molecule has 2 amide bonds. The van der Waals surface area contributed by atoms with Gasteiger partial charge >= 0.3 is 5.97 Å². The zero-order chi connectivity index (χ0) is 16.3. The highest BCUT2D eigenvalue weighted by Crippen LogP contribution is 2.33. The van der Waals surface area contributed by atoms with Gasteiger partial charge in [-0.1, -0.05) is 0 Å². The number of hydrogen-bond acceptors (Lipinski definition) is 6. The van der Waals surface area contributed by atoms with Crippen LogP contribution in [0.3, 0.4) is 0 Å². The van der Waals surface area contributed by atoms with Gasteiger partial charge < -0.3 is 15.8 Å². The third-order valence-corrected chi connectivity index (χ3v) is 4.80. The number of carbonyl (C=O) groups excluding carboxylic acids is 3. The fourth-order valence-corrected chi connectivity index (χ4v) is 3.56. The predicted molar refractivity (Wildman–Crippen MR) is 83.2 cm³/mol. The monoisotopic (exact) mass is 325 g/mol. The van der Waals surface area contributed by atoms with Crippen molar-refractivity contribution in [2.24, 2.45) is 5.73 Å². The van der Waals surface area contributed by atoms with Crippen LogP contribution in [0.5, 0.6) is 0 Å². The van der Waals surface area contributed by atoms with E-state index in [0.29, 0.717) is 10.6 Å². The molecule has 0 saturated carbocycles. The molecule has 0 aromatic carbocycles. The number of anilines is 1. The molecule has 1 fully saturated rings. The lowest BCUT2D eigenvalue weighted by Crippen LogP contribution is -2.31. The summed E-state index contributed by atoms with van der Waals surface area (Å²) in [5.74, 6) is -1.45. The molecular formula is C14H19N3O4S. The number of esters is 1. The van der Waals surface area contributed by atoms with Crippen molar-refractivity contribution in [1.82, 2.24) is 4.90 Å². The Kier molecular flexibility index (Phi) is 5.15. The van der Waals surface area contributed by atoms with E-state index >= 15 is 0 Å². The maximum absolute atomic E-state index is 12.1. The van der Waals surface area contributed by atoms with Gasteiger partial charge in [0.25, 0.3) is 5.91 Å². The molecule has 0 aliphatic carbocycles. The van der Waals surface area contributed by atoms with Crippen molar-refractivity contribution in [1.29, 1.82) is 0 Å². The third-order valence-electron chi connectivity index (χ3n) is 3.58. The van der Waals surface area contributed by atoms with Crippen LogP contribution >= 0.6 is 11.3 Å². The number of primary amides is 1. The first-order chi connectivity index (χ1) is 10.4. The summed E-state index contributed by atoms with van der Waals surface area (Å²) in [4.78, 5) is 37.7. The molecule has 1 aromatic rings. The molecule has 8 heteroatoms. The first-order valence-corrected chi connectivity index (χ1v) is 7.79. The minimum atomic E-state index is -0.632. The Balaban J connectivity index is 2.21. The van der Waals surface area contributed by atoms with Gasteiger partial charge in [-0.05, 0) is 38.4 Å². The normalized spacial score (nSPS) is 14.8. The van der Waals surface area contributed by atoms with Gasteiger partial charge in [-0.25, -0.2) is 4.79 Å². The molecular weight excluding hydrogens is 306 g/mol. The van der Waals surface area contributed by atoms with Crippen LogP contribution in [0.4, 0.5) is 5.00 Å². The third kappa shape index (κ3) is 3.45. The Hall–Kier alpha value is -1.93. The van der Waals surface area contributed by atoms with Gasteiger partial charge in [-0.3, -0.25) is 14.5 Å².